The third-order valence-corrected chi connectivity index (χ3v) is 3.39. The molecule has 1 N–H and O–H groups in total. The van der Waals surface area contributed by atoms with E-state index in [1.54, 1.807) is 53.6 Å². The number of furan rings is 1. The summed E-state index contributed by atoms with van der Waals surface area (Å²) in [6.07, 6.45) is 4.53. The molecule has 0 spiro atoms. The van der Waals surface area contributed by atoms with Crippen LogP contribution in [0, 0.1) is 0 Å². The molecular formula is C18H20N2O3. The molecule has 0 bridgehead atoms. The van der Waals surface area contributed by atoms with Gasteiger partial charge in [-0.05, 0) is 56.3 Å². The van der Waals surface area contributed by atoms with Crippen molar-refractivity contribution in [3.63, 3.8) is 0 Å². The summed E-state index contributed by atoms with van der Waals surface area (Å²) in [6.45, 7) is 5.24. The minimum absolute atomic E-state index is 0.00871. The van der Waals surface area contributed by atoms with Crippen LogP contribution >= 0.6 is 0 Å². The third kappa shape index (κ3) is 4.57. The van der Waals surface area contributed by atoms with Crippen LogP contribution in [0.15, 0.2) is 53.2 Å². The number of benzene rings is 1. The summed E-state index contributed by atoms with van der Waals surface area (Å²) in [7, 11) is 0. The first-order valence-corrected chi connectivity index (χ1v) is 7.56. The predicted octanol–water partition coefficient (Wildman–Crippen LogP) is 3.41. The van der Waals surface area contributed by atoms with Crippen LogP contribution in [0.3, 0.4) is 0 Å². The number of nitrogens with one attached hydrogen (secondary N) is 1. The molecule has 2 rings (SSSR count). The van der Waals surface area contributed by atoms with Gasteiger partial charge in [-0.2, -0.15) is 0 Å². The molecule has 23 heavy (non-hydrogen) atoms. The minimum atomic E-state index is -0.260. The van der Waals surface area contributed by atoms with Crippen LogP contribution in [0.1, 0.15) is 30.0 Å². The van der Waals surface area contributed by atoms with Gasteiger partial charge in [-0.25, -0.2) is 0 Å². The number of carbonyl (C=O) groups is 2. The molecule has 5 heteroatoms. The molecule has 120 valence electrons. The Hall–Kier alpha value is -2.82. The van der Waals surface area contributed by atoms with E-state index in [2.05, 4.69) is 5.32 Å². The molecule has 1 aromatic carbocycles. The molecule has 0 radical (unpaired) electrons. The van der Waals surface area contributed by atoms with Crippen molar-refractivity contribution in [3.8, 4) is 0 Å². The average molecular weight is 312 g/mol. The fourth-order valence-corrected chi connectivity index (χ4v) is 2.12. The number of hydrogen-bond donors (Lipinski definition) is 1. The number of rotatable bonds is 6. The van der Waals surface area contributed by atoms with Crippen LogP contribution in [0.2, 0.25) is 0 Å². The van der Waals surface area contributed by atoms with Crippen LogP contribution in [0.4, 0.5) is 5.69 Å². The van der Waals surface area contributed by atoms with E-state index in [1.807, 2.05) is 13.8 Å². The molecule has 1 heterocycles. The van der Waals surface area contributed by atoms with Crippen LogP contribution in [0.5, 0.6) is 0 Å². The molecule has 2 amide bonds. The van der Waals surface area contributed by atoms with Crippen molar-refractivity contribution >= 4 is 23.6 Å². The molecule has 0 aliphatic rings. The zero-order valence-electron chi connectivity index (χ0n) is 13.3. The third-order valence-electron chi connectivity index (χ3n) is 3.39. The molecule has 0 fully saturated rings. The molecule has 0 unspecified atom stereocenters. The van der Waals surface area contributed by atoms with Crippen LogP contribution in [0.25, 0.3) is 6.08 Å². The van der Waals surface area contributed by atoms with Gasteiger partial charge in [0.2, 0.25) is 5.91 Å². The lowest BCUT2D eigenvalue weighted by molar-refractivity contribution is -0.111. The Balaban J connectivity index is 1.97. The number of hydrogen-bond acceptors (Lipinski definition) is 3. The Morgan fingerprint density at radius 3 is 2.39 bits per heavy atom. The lowest BCUT2D eigenvalue weighted by Crippen LogP contribution is -2.30. The van der Waals surface area contributed by atoms with Gasteiger partial charge in [0.15, 0.2) is 0 Å². The van der Waals surface area contributed by atoms with Gasteiger partial charge >= 0.3 is 0 Å². The zero-order chi connectivity index (χ0) is 16.7. The normalized spacial score (nSPS) is 10.7. The first-order valence-electron chi connectivity index (χ1n) is 7.56. The Morgan fingerprint density at radius 2 is 1.83 bits per heavy atom. The quantitative estimate of drug-likeness (QED) is 0.831. The standard InChI is InChI=1S/C18H20N2O3/c1-3-20(4-2)18(22)14-7-9-15(10-8-14)19-17(21)12-11-16-6-5-13-23-16/h5-13H,3-4H2,1-2H3,(H,19,21)/b12-11+. The van der Waals surface area contributed by atoms with E-state index in [1.165, 1.54) is 6.08 Å². The fourth-order valence-electron chi connectivity index (χ4n) is 2.12. The molecule has 0 atom stereocenters. The zero-order valence-corrected chi connectivity index (χ0v) is 13.3. The van der Waals surface area contributed by atoms with Gasteiger partial charge in [-0.15, -0.1) is 0 Å². The maximum atomic E-state index is 12.2. The minimum Gasteiger partial charge on any atom is -0.465 e. The Kier molecular flexibility index (Phi) is 5.74. The van der Waals surface area contributed by atoms with Crippen LogP contribution in [-0.2, 0) is 4.79 Å². The average Bonchev–Trinajstić information content (AvgIpc) is 3.08. The molecule has 5 nitrogen and oxygen atoms in total. The second-order valence-corrected chi connectivity index (χ2v) is 4.89. The highest BCUT2D eigenvalue weighted by molar-refractivity contribution is 6.02. The molecule has 0 aliphatic carbocycles. The molecular weight excluding hydrogens is 292 g/mol. The SMILES string of the molecule is CCN(CC)C(=O)c1ccc(NC(=O)/C=C/c2ccco2)cc1. The van der Waals surface area contributed by atoms with Crippen molar-refractivity contribution in [2.75, 3.05) is 18.4 Å². The highest BCUT2D eigenvalue weighted by Crippen LogP contribution is 2.12. The predicted molar refractivity (Wildman–Crippen MR) is 90.1 cm³/mol. The molecule has 1 aromatic heterocycles. The second kappa shape index (κ2) is 7.98. The van der Waals surface area contributed by atoms with Crippen molar-refractivity contribution in [2.45, 2.75) is 13.8 Å². The van der Waals surface area contributed by atoms with Gasteiger partial charge < -0.3 is 14.6 Å². The Bertz CT molecular complexity index is 669. The summed E-state index contributed by atoms with van der Waals surface area (Å²) < 4.78 is 5.11. The number of amides is 2. The second-order valence-electron chi connectivity index (χ2n) is 4.89. The van der Waals surface area contributed by atoms with Gasteiger partial charge in [0.1, 0.15) is 5.76 Å². The fraction of sp³-hybridized carbons (Fsp3) is 0.222. The van der Waals surface area contributed by atoms with Gasteiger partial charge in [-0.1, -0.05) is 0 Å². The smallest absolute Gasteiger partial charge is 0.253 e. The summed E-state index contributed by atoms with van der Waals surface area (Å²) in [4.78, 5) is 25.8. The van der Waals surface area contributed by atoms with E-state index in [0.717, 1.165) is 0 Å². The summed E-state index contributed by atoms with van der Waals surface area (Å²) in [5.74, 6) is 0.343. The first kappa shape index (κ1) is 16.5. The maximum Gasteiger partial charge on any atom is 0.253 e. The van der Waals surface area contributed by atoms with Crippen molar-refractivity contribution < 1.29 is 14.0 Å². The van der Waals surface area contributed by atoms with Gasteiger partial charge in [0.25, 0.3) is 5.91 Å². The van der Waals surface area contributed by atoms with Crippen LogP contribution < -0.4 is 5.32 Å². The van der Waals surface area contributed by atoms with Gasteiger partial charge in [0.05, 0.1) is 6.26 Å². The first-order chi connectivity index (χ1) is 11.1. The van der Waals surface area contributed by atoms with E-state index in [9.17, 15) is 9.59 Å². The molecule has 0 saturated carbocycles. The molecule has 0 aliphatic heterocycles. The van der Waals surface area contributed by atoms with Gasteiger partial charge in [-0.3, -0.25) is 9.59 Å². The van der Waals surface area contributed by atoms with E-state index < -0.39 is 0 Å². The van der Waals surface area contributed by atoms with E-state index >= 15 is 0 Å². The Morgan fingerprint density at radius 1 is 1.13 bits per heavy atom. The lowest BCUT2D eigenvalue weighted by Gasteiger charge is -2.18. The van der Waals surface area contributed by atoms with Crippen LogP contribution in [-0.4, -0.2) is 29.8 Å². The number of carbonyl (C=O) groups excluding carboxylic acids is 2. The van der Waals surface area contributed by atoms with E-state index in [0.29, 0.717) is 30.1 Å². The van der Waals surface area contributed by atoms with Crippen molar-refractivity contribution in [2.24, 2.45) is 0 Å². The monoisotopic (exact) mass is 312 g/mol. The van der Waals surface area contributed by atoms with Crippen molar-refractivity contribution in [3.05, 3.63) is 60.1 Å². The van der Waals surface area contributed by atoms with Crippen molar-refractivity contribution in [1.82, 2.24) is 4.90 Å². The molecule has 2 aromatic rings. The maximum absolute atomic E-state index is 12.2. The van der Waals surface area contributed by atoms with E-state index in [4.69, 9.17) is 4.42 Å². The Labute approximate surface area is 135 Å². The summed E-state index contributed by atoms with van der Waals surface area (Å²) in [5.41, 5.74) is 1.24. The number of anilines is 1. The van der Waals surface area contributed by atoms with Crippen molar-refractivity contribution in [1.29, 1.82) is 0 Å². The highest BCUT2D eigenvalue weighted by Gasteiger charge is 2.12. The molecule has 0 saturated heterocycles. The lowest BCUT2D eigenvalue weighted by atomic mass is 10.1. The highest BCUT2D eigenvalue weighted by atomic mass is 16.3. The summed E-state index contributed by atoms with van der Waals surface area (Å²) >= 11 is 0. The number of nitrogens with zero attached hydrogens (tertiary/aromatic N) is 1. The topological polar surface area (TPSA) is 62.6 Å². The van der Waals surface area contributed by atoms with Gasteiger partial charge in [0, 0.05) is 30.4 Å². The van der Waals surface area contributed by atoms with E-state index in [-0.39, 0.29) is 11.8 Å². The largest absolute Gasteiger partial charge is 0.465 e. The summed E-state index contributed by atoms with van der Waals surface area (Å²) in [6, 6.07) is 10.4. The summed E-state index contributed by atoms with van der Waals surface area (Å²) in [5, 5.41) is 2.74.